The lowest BCUT2D eigenvalue weighted by molar-refractivity contribution is -0.142. The van der Waals surface area contributed by atoms with Gasteiger partial charge < -0.3 is 24.0 Å². The van der Waals surface area contributed by atoms with Gasteiger partial charge >= 0.3 is 12.1 Å². The quantitative estimate of drug-likeness (QED) is 0.496. The van der Waals surface area contributed by atoms with Crippen molar-refractivity contribution in [3.8, 4) is 5.75 Å². The summed E-state index contributed by atoms with van der Waals surface area (Å²) in [4.78, 5) is 30.9. The van der Waals surface area contributed by atoms with E-state index in [9.17, 15) is 14.7 Å². The number of hydrogen-bond acceptors (Lipinski definition) is 5. The standard InChI is InChI=1S/C30H35N3O5/c1-18(15-19-3-10-26-23(16-19)12-14-38-26)33-25-9-8-20-11-13-32(30(36)37-2)17-24(20)27(25)31-28(33)21-4-6-22(7-5-21)29(34)35/h3,8-10,16,18,21-22H,4-7,11-15,17H2,1-2H3,(H,34,35)/t18-,21?,22?/m1/s1. The molecule has 200 valence electrons. The van der Waals surface area contributed by atoms with Crippen LogP contribution < -0.4 is 4.74 Å². The number of fused-ring (bicyclic) bond motifs is 4. The lowest BCUT2D eigenvalue weighted by atomic mass is 9.81. The van der Waals surface area contributed by atoms with E-state index in [1.165, 1.54) is 23.8 Å². The number of amides is 1. The predicted molar refractivity (Wildman–Crippen MR) is 143 cm³/mol. The summed E-state index contributed by atoms with van der Waals surface area (Å²) in [6.45, 7) is 4.12. The van der Waals surface area contributed by atoms with Gasteiger partial charge in [-0.3, -0.25) is 4.79 Å². The first kappa shape index (κ1) is 24.8. The number of rotatable bonds is 5. The number of aromatic nitrogens is 2. The molecule has 6 rings (SSSR count). The van der Waals surface area contributed by atoms with Crippen molar-refractivity contribution >= 4 is 23.1 Å². The topological polar surface area (TPSA) is 93.9 Å². The van der Waals surface area contributed by atoms with Gasteiger partial charge in [0.2, 0.25) is 0 Å². The molecule has 0 bridgehead atoms. The lowest BCUT2D eigenvalue weighted by Crippen LogP contribution is -2.35. The molecule has 38 heavy (non-hydrogen) atoms. The van der Waals surface area contributed by atoms with Gasteiger partial charge in [-0.25, -0.2) is 9.78 Å². The van der Waals surface area contributed by atoms with Gasteiger partial charge in [0.15, 0.2) is 0 Å². The third kappa shape index (κ3) is 4.40. The van der Waals surface area contributed by atoms with Crippen molar-refractivity contribution in [3.63, 3.8) is 0 Å². The maximum atomic E-state index is 12.3. The van der Waals surface area contributed by atoms with E-state index in [4.69, 9.17) is 14.5 Å². The van der Waals surface area contributed by atoms with Crippen LogP contribution in [0.2, 0.25) is 0 Å². The molecule has 1 atom stereocenters. The zero-order chi connectivity index (χ0) is 26.4. The highest BCUT2D eigenvalue weighted by Gasteiger charge is 2.32. The predicted octanol–water partition coefficient (Wildman–Crippen LogP) is 5.26. The van der Waals surface area contributed by atoms with Crippen molar-refractivity contribution in [2.75, 3.05) is 20.3 Å². The number of benzene rings is 2. The second-order valence-corrected chi connectivity index (χ2v) is 11.0. The van der Waals surface area contributed by atoms with Crippen LogP contribution in [0.3, 0.4) is 0 Å². The van der Waals surface area contributed by atoms with Crippen LogP contribution in [0.4, 0.5) is 4.79 Å². The smallest absolute Gasteiger partial charge is 0.409 e. The Labute approximate surface area is 222 Å². The number of hydrogen-bond donors (Lipinski definition) is 1. The van der Waals surface area contributed by atoms with Crippen molar-refractivity contribution < 1.29 is 24.2 Å². The summed E-state index contributed by atoms with van der Waals surface area (Å²) in [5.41, 5.74) is 6.92. The van der Waals surface area contributed by atoms with Crippen LogP contribution in [0, 0.1) is 5.92 Å². The van der Waals surface area contributed by atoms with Crippen molar-refractivity contribution in [1.29, 1.82) is 0 Å². The first-order valence-electron chi connectivity index (χ1n) is 13.8. The minimum Gasteiger partial charge on any atom is -0.493 e. The second kappa shape index (κ2) is 9.97. The molecule has 8 heteroatoms. The van der Waals surface area contributed by atoms with Gasteiger partial charge in [0.25, 0.3) is 0 Å². The summed E-state index contributed by atoms with van der Waals surface area (Å²) in [5.74, 6) is 1.29. The van der Waals surface area contributed by atoms with E-state index in [2.05, 4.69) is 41.8 Å². The Bertz CT molecular complexity index is 1390. The molecular weight excluding hydrogens is 482 g/mol. The Morgan fingerprint density at radius 1 is 1.13 bits per heavy atom. The van der Waals surface area contributed by atoms with E-state index in [1.807, 2.05) is 0 Å². The van der Waals surface area contributed by atoms with E-state index < -0.39 is 5.97 Å². The third-order valence-corrected chi connectivity index (χ3v) is 8.69. The molecule has 0 radical (unpaired) electrons. The van der Waals surface area contributed by atoms with Gasteiger partial charge in [-0.15, -0.1) is 0 Å². The summed E-state index contributed by atoms with van der Waals surface area (Å²) >= 11 is 0. The van der Waals surface area contributed by atoms with Gasteiger partial charge in [-0.2, -0.15) is 0 Å². The molecule has 0 unspecified atom stereocenters. The summed E-state index contributed by atoms with van der Waals surface area (Å²) in [6, 6.07) is 11.1. The molecule has 1 saturated carbocycles. The monoisotopic (exact) mass is 517 g/mol. The van der Waals surface area contributed by atoms with Crippen LogP contribution in [-0.4, -0.2) is 51.9 Å². The largest absolute Gasteiger partial charge is 0.493 e. The summed E-state index contributed by atoms with van der Waals surface area (Å²) in [7, 11) is 1.42. The van der Waals surface area contributed by atoms with Gasteiger partial charge in [-0.05, 0) is 74.3 Å². The molecule has 1 N–H and O–H groups in total. The fourth-order valence-electron chi connectivity index (χ4n) is 6.65. The average molecular weight is 518 g/mol. The van der Waals surface area contributed by atoms with E-state index in [0.717, 1.165) is 66.9 Å². The Morgan fingerprint density at radius 2 is 1.95 bits per heavy atom. The molecule has 3 aliphatic rings. The van der Waals surface area contributed by atoms with Crippen LogP contribution in [-0.2, 0) is 35.3 Å². The minimum absolute atomic E-state index is 0.158. The molecule has 2 aromatic carbocycles. The first-order chi connectivity index (χ1) is 18.4. The van der Waals surface area contributed by atoms with Gasteiger partial charge in [0.05, 0.1) is 37.2 Å². The Hall–Kier alpha value is -3.55. The lowest BCUT2D eigenvalue weighted by Gasteiger charge is -2.28. The Balaban J connectivity index is 1.39. The van der Waals surface area contributed by atoms with E-state index in [1.54, 1.807) is 4.90 Å². The molecule has 8 nitrogen and oxygen atoms in total. The first-order valence-corrected chi connectivity index (χ1v) is 13.8. The molecule has 1 fully saturated rings. The zero-order valence-electron chi connectivity index (χ0n) is 22.1. The van der Waals surface area contributed by atoms with Crippen LogP contribution in [0.25, 0.3) is 11.0 Å². The fraction of sp³-hybridized carbons (Fsp3) is 0.500. The highest BCUT2D eigenvalue weighted by Crippen LogP contribution is 2.40. The van der Waals surface area contributed by atoms with Crippen molar-refractivity contribution in [2.45, 2.75) is 70.4 Å². The normalized spacial score (nSPS) is 21.5. The van der Waals surface area contributed by atoms with Gasteiger partial charge in [0, 0.05) is 30.5 Å². The van der Waals surface area contributed by atoms with Gasteiger partial charge in [0.1, 0.15) is 11.6 Å². The number of carbonyl (C=O) groups is 2. The van der Waals surface area contributed by atoms with Crippen molar-refractivity contribution in [3.05, 3.63) is 58.4 Å². The molecule has 1 amide bonds. The van der Waals surface area contributed by atoms with E-state index in [-0.39, 0.29) is 24.0 Å². The van der Waals surface area contributed by atoms with Crippen LogP contribution in [0.15, 0.2) is 30.3 Å². The van der Waals surface area contributed by atoms with Crippen LogP contribution in [0.5, 0.6) is 5.75 Å². The average Bonchev–Trinajstić information content (AvgIpc) is 3.57. The van der Waals surface area contributed by atoms with E-state index in [0.29, 0.717) is 25.9 Å². The fourth-order valence-corrected chi connectivity index (χ4v) is 6.65. The SMILES string of the molecule is COC(=O)N1CCc2ccc3c(nc(C4CCC(C(=O)O)CC4)n3[C@H](C)Cc3ccc4c(c3)CCO4)c2C1. The van der Waals surface area contributed by atoms with Crippen LogP contribution in [0.1, 0.15) is 72.6 Å². The highest BCUT2D eigenvalue weighted by atomic mass is 16.5. The number of carboxylic acids is 1. The molecule has 2 aliphatic heterocycles. The number of ether oxygens (including phenoxy) is 2. The van der Waals surface area contributed by atoms with Crippen molar-refractivity contribution in [1.82, 2.24) is 14.5 Å². The molecule has 1 aliphatic carbocycles. The maximum Gasteiger partial charge on any atom is 0.409 e. The number of imidazole rings is 1. The minimum atomic E-state index is -0.692. The molecule has 1 aromatic heterocycles. The zero-order valence-corrected chi connectivity index (χ0v) is 22.1. The van der Waals surface area contributed by atoms with Crippen molar-refractivity contribution in [2.24, 2.45) is 5.92 Å². The Kier molecular flexibility index (Phi) is 6.50. The molecular formula is C30H35N3O5. The molecule has 0 spiro atoms. The molecule has 0 saturated heterocycles. The summed E-state index contributed by atoms with van der Waals surface area (Å²) < 4.78 is 13.1. The molecule has 3 heterocycles. The third-order valence-electron chi connectivity index (χ3n) is 8.69. The number of carboxylic acid groups (broad SMARTS) is 1. The second-order valence-electron chi connectivity index (χ2n) is 11.0. The highest BCUT2D eigenvalue weighted by molar-refractivity contribution is 5.82. The maximum absolute atomic E-state index is 12.3. The summed E-state index contributed by atoms with van der Waals surface area (Å²) in [5, 5.41) is 9.53. The molecule has 3 aromatic rings. The number of methoxy groups -OCH3 is 1. The number of carbonyl (C=O) groups excluding carboxylic acids is 1. The Morgan fingerprint density at radius 3 is 2.71 bits per heavy atom. The van der Waals surface area contributed by atoms with Gasteiger partial charge in [-0.1, -0.05) is 18.2 Å². The number of nitrogens with zero attached hydrogens (tertiary/aromatic N) is 3. The summed E-state index contributed by atoms with van der Waals surface area (Å²) in [6.07, 6.45) is 5.27. The van der Waals surface area contributed by atoms with Crippen LogP contribution >= 0.6 is 0 Å². The van der Waals surface area contributed by atoms with E-state index >= 15 is 0 Å². The number of aliphatic carboxylic acids is 1.